The number of aliphatic hydroxyl groups excluding tert-OH is 1. The van der Waals surface area contributed by atoms with Gasteiger partial charge in [-0.15, -0.1) is 0 Å². The van der Waals surface area contributed by atoms with Crippen molar-refractivity contribution in [2.45, 2.75) is 52.2 Å². The van der Waals surface area contributed by atoms with Gasteiger partial charge in [0.2, 0.25) is 0 Å². The van der Waals surface area contributed by atoms with Crippen molar-refractivity contribution in [1.29, 1.82) is 0 Å². The number of hydrogen-bond donors (Lipinski definition) is 1. The van der Waals surface area contributed by atoms with E-state index in [9.17, 15) is 9.90 Å². The summed E-state index contributed by atoms with van der Waals surface area (Å²) in [6.45, 7) is 6.24. The van der Waals surface area contributed by atoms with Crippen LogP contribution < -0.4 is 0 Å². The van der Waals surface area contributed by atoms with Gasteiger partial charge < -0.3 is 14.7 Å². The van der Waals surface area contributed by atoms with Gasteiger partial charge in [0, 0.05) is 0 Å². The number of oxime groups is 1. The molecule has 1 aliphatic rings. The first-order chi connectivity index (χ1) is 8.10. The van der Waals surface area contributed by atoms with Gasteiger partial charge in [0.1, 0.15) is 6.10 Å². The third-order valence-electron chi connectivity index (χ3n) is 3.04. The molecule has 98 valence electrons. The molecule has 0 aromatic heterocycles. The smallest absolute Gasteiger partial charge is 0.359 e. The van der Waals surface area contributed by atoms with E-state index in [0.717, 1.165) is 12.8 Å². The van der Waals surface area contributed by atoms with Crippen molar-refractivity contribution in [2.24, 2.45) is 11.1 Å². The van der Waals surface area contributed by atoms with Crippen LogP contribution in [0.25, 0.3) is 0 Å². The van der Waals surface area contributed by atoms with E-state index >= 15 is 0 Å². The van der Waals surface area contributed by atoms with Gasteiger partial charge in [-0.3, -0.25) is 0 Å². The minimum atomic E-state index is -0.960. The highest BCUT2D eigenvalue weighted by atomic mass is 16.7. The summed E-state index contributed by atoms with van der Waals surface area (Å²) < 4.78 is 4.78. The van der Waals surface area contributed by atoms with Crippen molar-refractivity contribution in [2.75, 3.05) is 6.61 Å². The first kappa shape index (κ1) is 14.0. The van der Waals surface area contributed by atoms with Crippen molar-refractivity contribution in [3.63, 3.8) is 0 Å². The normalized spacial score (nSPS) is 25.1. The van der Waals surface area contributed by atoms with E-state index < -0.39 is 18.2 Å². The molecule has 3 atom stereocenters. The summed E-state index contributed by atoms with van der Waals surface area (Å²) in [7, 11) is 0. The topological polar surface area (TPSA) is 68.1 Å². The Balaban J connectivity index is 2.42. The minimum Gasteiger partial charge on any atom is -0.461 e. The van der Waals surface area contributed by atoms with Gasteiger partial charge in [-0.2, -0.15) is 0 Å². The van der Waals surface area contributed by atoms with E-state index in [1.807, 2.05) is 0 Å². The third kappa shape index (κ3) is 3.70. The maximum absolute atomic E-state index is 11.4. The lowest BCUT2D eigenvalue weighted by Gasteiger charge is -2.15. The molecule has 1 rings (SSSR count). The van der Waals surface area contributed by atoms with E-state index in [2.05, 4.69) is 19.0 Å². The summed E-state index contributed by atoms with van der Waals surface area (Å²) in [4.78, 5) is 16.5. The number of ether oxygens (including phenoxy) is 1. The van der Waals surface area contributed by atoms with Crippen LogP contribution in [-0.2, 0) is 14.4 Å². The minimum absolute atomic E-state index is 0.0130. The van der Waals surface area contributed by atoms with E-state index in [1.54, 1.807) is 6.92 Å². The van der Waals surface area contributed by atoms with Crippen LogP contribution in [0.2, 0.25) is 0 Å². The third-order valence-corrected chi connectivity index (χ3v) is 3.04. The van der Waals surface area contributed by atoms with Gasteiger partial charge in [0.25, 0.3) is 0 Å². The second-order valence-corrected chi connectivity index (χ2v) is 4.38. The van der Waals surface area contributed by atoms with Gasteiger partial charge in [-0.25, -0.2) is 4.79 Å². The van der Waals surface area contributed by atoms with Gasteiger partial charge in [0.15, 0.2) is 11.8 Å². The molecular weight excluding hydrogens is 222 g/mol. The van der Waals surface area contributed by atoms with Crippen LogP contribution in [0.3, 0.4) is 0 Å². The molecule has 0 amide bonds. The molecule has 0 fully saturated rings. The molecule has 0 aliphatic carbocycles. The van der Waals surface area contributed by atoms with E-state index in [1.165, 1.54) is 0 Å². The van der Waals surface area contributed by atoms with Gasteiger partial charge in [0.05, 0.1) is 6.61 Å². The number of rotatable bonds is 6. The fourth-order valence-corrected chi connectivity index (χ4v) is 1.64. The molecule has 1 heterocycles. The fourth-order valence-electron chi connectivity index (χ4n) is 1.64. The monoisotopic (exact) mass is 243 g/mol. The highest BCUT2D eigenvalue weighted by Gasteiger charge is 2.37. The zero-order chi connectivity index (χ0) is 12.8. The molecule has 0 aromatic carbocycles. The van der Waals surface area contributed by atoms with Crippen LogP contribution in [0, 0.1) is 5.92 Å². The molecule has 1 aliphatic heterocycles. The van der Waals surface area contributed by atoms with Crippen LogP contribution in [0.1, 0.15) is 40.0 Å². The van der Waals surface area contributed by atoms with Crippen molar-refractivity contribution < 1.29 is 19.5 Å². The molecule has 0 saturated heterocycles. The lowest BCUT2D eigenvalue weighted by molar-refractivity contribution is -0.135. The molecule has 0 aromatic rings. The molecule has 0 saturated carbocycles. The number of aliphatic hydroxyl groups is 1. The zero-order valence-corrected chi connectivity index (χ0v) is 10.7. The number of esters is 1. The molecule has 0 bridgehead atoms. The second-order valence-electron chi connectivity index (χ2n) is 4.38. The van der Waals surface area contributed by atoms with Crippen molar-refractivity contribution in [3.8, 4) is 0 Å². The van der Waals surface area contributed by atoms with Crippen molar-refractivity contribution in [1.82, 2.24) is 0 Å². The Morgan fingerprint density at radius 3 is 2.88 bits per heavy atom. The van der Waals surface area contributed by atoms with Crippen LogP contribution in [0.15, 0.2) is 5.16 Å². The molecule has 5 heteroatoms. The van der Waals surface area contributed by atoms with Crippen molar-refractivity contribution >= 4 is 11.7 Å². The predicted octanol–water partition coefficient (Wildman–Crippen LogP) is 1.49. The largest absolute Gasteiger partial charge is 0.461 e. The van der Waals surface area contributed by atoms with E-state index in [0.29, 0.717) is 12.3 Å². The number of nitrogens with zero attached hydrogens (tertiary/aromatic N) is 1. The Morgan fingerprint density at radius 1 is 1.59 bits per heavy atom. The number of carbonyl (C=O) groups excluding carboxylic acids is 1. The summed E-state index contributed by atoms with van der Waals surface area (Å²) in [5, 5.41) is 13.5. The Hall–Kier alpha value is -1.10. The van der Waals surface area contributed by atoms with Crippen molar-refractivity contribution in [3.05, 3.63) is 0 Å². The maximum Gasteiger partial charge on any atom is 0.359 e. The standard InChI is InChI=1S/C12H21NO4/c1-4-8(3)6-7-9-11(14)10(13-17-9)12(15)16-5-2/h8-9,11,14H,4-7H2,1-3H3/t8-,9-,11+/m0/s1. The highest BCUT2D eigenvalue weighted by molar-refractivity contribution is 6.38. The fraction of sp³-hybridized carbons (Fsp3) is 0.833. The number of hydrogen-bond acceptors (Lipinski definition) is 5. The van der Waals surface area contributed by atoms with E-state index in [-0.39, 0.29) is 12.3 Å². The average molecular weight is 243 g/mol. The quantitative estimate of drug-likeness (QED) is 0.718. The molecule has 17 heavy (non-hydrogen) atoms. The Bertz CT molecular complexity index is 290. The van der Waals surface area contributed by atoms with Crippen LogP contribution in [-0.4, -0.2) is 35.6 Å². The predicted molar refractivity (Wildman–Crippen MR) is 63.6 cm³/mol. The maximum atomic E-state index is 11.4. The molecule has 0 unspecified atom stereocenters. The summed E-state index contributed by atoms with van der Waals surface area (Å²) in [5.41, 5.74) is -0.0130. The zero-order valence-electron chi connectivity index (χ0n) is 10.7. The molecule has 0 radical (unpaired) electrons. The summed E-state index contributed by atoms with van der Waals surface area (Å²) >= 11 is 0. The molecule has 0 spiro atoms. The van der Waals surface area contributed by atoms with Crippen LogP contribution >= 0.6 is 0 Å². The first-order valence-electron chi connectivity index (χ1n) is 6.19. The van der Waals surface area contributed by atoms with Crippen LogP contribution in [0.4, 0.5) is 0 Å². The Morgan fingerprint density at radius 2 is 2.29 bits per heavy atom. The molecule has 5 nitrogen and oxygen atoms in total. The summed E-state index contributed by atoms with van der Waals surface area (Å²) in [6, 6.07) is 0. The van der Waals surface area contributed by atoms with Crippen LogP contribution in [0.5, 0.6) is 0 Å². The lowest BCUT2D eigenvalue weighted by atomic mass is 9.97. The average Bonchev–Trinajstić information content (AvgIpc) is 2.68. The number of carbonyl (C=O) groups is 1. The Labute approximate surface area is 102 Å². The van der Waals surface area contributed by atoms with Gasteiger partial charge in [-0.1, -0.05) is 25.4 Å². The first-order valence-corrected chi connectivity index (χ1v) is 6.19. The second kappa shape index (κ2) is 6.59. The van der Waals surface area contributed by atoms with Gasteiger partial charge >= 0.3 is 5.97 Å². The highest BCUT2D eigenvalue weighted by Crippen LogP contribution is 2.20. The molecular formula is C12H21NO4. The lowest BCUT2D eigenvalue weighted by Crippen LogP contribution is -2.34. The summed E-state index contributed by atoms with van der Waals surface area (Å²) in [6.07, 6.45) is 1.36. The summed E-state index contributed by atoms with van der Waals surface area (Å²) in [5.74, 6) is -0.0107. The SMILES string of the molecule is CCOC(=O)C1=NO[C@@H](CC[C@@H](C)CC)[C@H]1O. The Kier molecular flexibility index (Phi) is 5.41. The van der Waals surface area contributed by atoms with E-state index in [4.69, 9.17) is 9.57 Å². The molecule has 1 N–H and O–H groups in total. The van der Waals surface area contributed by atoms with Gasteiger partial charge in [-0.05, 0) is 25.7 Å².